The summed E-state index contributed by atoms with van der Waals surface area (Å²) in [7, 11) is 0. The predicted octanol–water partition coefficient (Wildman–Crippen LogP) is 3.90. The van der Waals surface area contributed by atoms with E-state index in [1.807, 2.05) is 5.51 Å². The molecule has 0 radical (unpaired) electrons. The molecule has 1 aliphatic carbocycles. The van der Waals surface area contributed by atoms with Crippen LogP contribution in [0.5, 0.6) is 0 Å². The molecule has 0 aromatic carbocycles. The average Bonchev–Trinajstić information content (AvgIpc) is 2.81. The van der Waals surface area contributed by atoms with Crippen molar-refractivity contribution in [2.75, 3.05) is 6.61 Å². The zero-order valence-electron chi connectivity index (χ0n) is 11.8. The first-order valence-electron chi connectivity index (χ1n) is 6.93. The number of aromatic nitrogens is 1. The minimum Gasteiger partial charge on any atom is -0.396 e. The van der Waals surface area contributed by atoms with E-state index < -0.39 is 0 Å². The van der Waals surface area contributed by atoms with Crippen molar-refractivity contribution in [1.29, 1.82) is 0 Å². The van der Waals surface area contributed by atoms with Crippen LogP contribution in [0.15, 0.2) is 10.9 Å². The first-order chi connectivity index (χ1) is 8.45. The van der Waals surface area contributed by atoms with Crippen LogP contribution in [0.25, 0.3) is 0 Å². The van der Waals surface area contributed by atoms with Gasteiger partial charge in [0.2, 0.25) is 0 Å². The highest BCUT2D eigenvalue weighted by atomic mass is 32.1. The summed E-state index contributed by atoms with van der Waals surface area (Å²) in [5.41, 5.74) is 3.54. The van der Waals surface area contributed by atoms with Gasteiger partial charge in [-0.15, -0.1) is 11.3 Å². The molecule has 0 amide bonds. The van der Waals surface area contributed by atoms with Crippen molar-refractivity contribution in [3.05, 3.63) is 16.6 Å². The van der Waals surface area contributed by atoms with Gasteiger partial charge in [-0.1, -0.05) is 20.8 Å². The summed E-state index contributed by atoms with van der Waals surface area (Å²) in [6.45, 7) is 7.32. The van der Waals surface area contributed by atoms with Gasteiger partial charge < -0.3 is 5.11 Å². The van der Waals surface area contributed by atoms with E-state index in [4.69, 9.17) is 0 Å². The molecule has 2 nitrogen and oxygen atoms in total. The monoisotopic (exact) mass is 267 g/mol. The van der Waals surface area contributed by atoms with Gasteiger partial charge in [-0.05, 0) is 48.9 Å². The second-order valence-electron chi connectivity index (χ2n) is 6.95. The van der Waals surface area contributed by atoms with Crippen molar-refractivity contribution < 1.29 is 5.11 Å². The van der Waals surface area contributed by atoms with E-state index in [1.165, 1.54) is 12.8 Å². The first kappa shape index (κ1) is 14.0. The molecule has 0 aliphatic heterocycles. The second kappa shape index (κ2) is 5.30. The van der Waals surface area contributed by atoms with Gasteiger partial charge in [0.05, 0.1) is 11.2 Å². The Morgan fingerprint density at radius 2 is 2.06 bits per heavy atom. The molecule has 0 bridgehead atoms. The number of aliphatic hydroxyl groups excluding tert-OH is 1. The van der Waals surface area contributed by atoms with E-state index in [1.54, 1.807) is 11.3 Å². The summed E-state index contributed by atoms with van der Waals surface area (Å²) in [6.07, 6.45) is 5.72. The van der Waals surface area contributed by atoms with Crippen molar-refractivity contribution >= 4 is 11.3 Å². The summed E-state index contributed by atoms with van der Waals surface area (Å²) >= 11 is 1.65. The maximum Gasteiger partial charge on any atom is 0.0794 e. The van der Waals surface area contributed by atoms with E-state index in [-0.39, 0.29) is 5.41 Å². The third-order valence-electron chi connectivity index (χ3n) is 4.65. The smallest absolute Gasteiger partial charge is 0.0794 e. The van der Waals surface area contributed by atoms with Crippen LogP contribution in [0.2, 0.25) is 0 Å². The lowest BCUT2D eigenvalue weighted by Crippen LogP contribution is -2.36. The highest BCUT2D eigenvalue weighted by molar-refractivity contribution is 7.07. The maximum atomic E-state index is 9.81. The normalized spacial score (nSPS) is 29.4. The highest BCUT2D eigenvalue weighted by Gasteiger charge is 2.38. The molecular formula is C15H25NOS. The molecule has 1 fully saturated rings. The molecule has 1 saturated carbocycles. The number of hydrogen-bond donors (Lipinski definition) is 1. The van der Waals surface area contributed by atoms with E-state index in [9.17, 15) is 5.11 Å². The van der Waals surface area contributed by atoms with Gasteiger partial charge in [-0.3, -0.25) is 0 Å². The minimum absolute atomic E-state index is 0.0931. The van der Waals surface area contributed by atoms with Gasteiger partial charge in [0.1, 0.15) is 0 Å². The molecular weight excluding hydrogens is 242 g/mol. The Morgan fingerprint density at radius 1 is 1.39 bits per heavy atom. The highest BCUT2D eigenvalue weighted by Crippen LogP contribution is 2.46. The molecule has 0 unspecified atom stereocenters. The molecule has 0 atom stereocenters. The Morgan fingerprint density at radius 3 is 2.50 bits per heavy atom. The van der Waals surface area contributed by atoms with Crippen LogP contribution in [0.3, 0.4) is 0 Å². The standard InChI is InChI=1S/C15H25NOS/c1-14(2,3)12-4-6-15(10-17,7-5-12)8-13-9-18-11-16-13/h9,11-12,17H,4-8,10H2,1-3H3. The van der Waals surface area contributed by atoms with E-state index in [0.717, 1.165) is 30.9 Å². The topological polar surface area (TPSA) is 33.1 Å². The summed E-state index contributed by atoms with van der Waals surface area (Å²) < 4.78 is 0. The Hall–Kier alpha value is -0.410. The summed E-state index contributed by atoms with van der Waals surface area (Å²) in [6, 6.07) is 0. The lowest BCUT2D eigenvalue weighted by molar-refractivity contribution is 0.0363. The van der Waals surface area contributed by atoms with Crippen molar-refractivity contribution in [1.82, 2.24) is 4.98 Å². The molecule has 1 aliphatic rings. The van der Waals surface area contributed by atoms with E-state index in [0.29, 0.717) is 12.0 Å². The molecule has 3 heteroatoms. The lowest BCUT2D eigenvalue weighted by atomic mass is 9.63. The molecule has 1 aromatic heterocycles. The summed E-state index contributed by atoms with van der Waals surface area (Å²) in [4.78, 5) is 4.38. The average molecular weight is 267 g/mol. The first-order valence-corrected chi connectivity index (χ1v) is 7.87. The van der Waals surface area contributed by atoms with Gasteiger partial charge in [0.25, 0.3) is 0 Å². The van der Waals surface area contributed by atoms with Crippen molar-refractivity contribution in [2.45, 2.75) is 52.9 Å². The fraction of sp³-hybridized carbons (Fsp3) is 0.800. The van der Waals surface area contributed by atoms with Crippen LogP contribution < -0.4 is 0 Å². The molecule has 1 N–H and O–H groups in total. The largest absolute Gasteiger partial charge is 0.396 e. The van der Waals surface area contributed by atoms with Crippen LogP contribution in [0.4, 0.5) is 0 Å². The third kappa shape index (κ3) is 3.12. The Bertz CT molecular complexity index is 358. The zero-order chi connectivity index (χ0) is 13.2. The van der Waals surface area contributed by atoms with E-state index in [2.05, 4.69) is 31.1 Å². The van der Waals surface area contributed by atoms with Gasteiger partial charge >= 0.3 is 0 Å². The molecule has 2 rings (SSSR count). The fourth-order valence-corrected chi connectivity index (χ4v) is 3.75. The van der Waals surface area contributed by atoms with Crippen molar-refractivity contribution in [3.63, 3.8) is 0 Å². The second-order valence-corrected chi connectivity index (χ2v) is 7.67. The maximum absolute atomic E-state index is 9.81. The molecule has 1 heterocycles. The van der Waals surface area contributed by atoms with Crippen LogP contribution in [0, 0.1) is 16.7 Å². The van der Waals surface area contributed by atoms with Crippen molar-refractivity contribution in [3.8, 4) is 0 Å². The van der Waals surface area contributed by atoms with E-state index >= 15 is 0 Å². The number of aliphatic hydroxyl groups is 1. The number of thiazole rings is 1. The predicted molar refractivity (Wildman–Crippen MR) is 76.7 cm³/mol. The van der Waals surface area contributed by atoms with Crippen molar-refractivity contribution in [2.24, 2.45) is 16.7 Å². The molecule has 18 heavy (non-hydrogen) atoms. The Labute approximate surface area is 114 Å². The Kier molecular flexibility index (Phi) is 4.12. The number of nitrogens with zero attached hydrogens (tertiary/aromatic N) is 1. The summed E-state index contributed by atoms with van der Waals surface area (Å²) in [5.74, 6) is 0.799. The SMILES string of the molecule is CC(C)(C)C1CCC(CO)(Cc2cscn2)CC1. The number of rotatable bonds is 3. The molecule has 102 valence electrons. The van der Waals surface area contributed by atoms with Gasteiger partial charge in [0, 0.05) is 12.0 Å². The minimum atomic E-state index is 0.0931. The molecule has 0 spiro atoms. The van der Waals surface area contributed by atoms with Gasteiger partial charge in [-0.2, -0.15) is 0 Å². The van der Waals surface area contributed by atoms with Crippen LogP contribution in [-0.4, -0.2) is 16.7 Å². The summed E-state index contributed by atoms with van der Waals surface area (Å²) in [5, 5.41) is 11.9. The quantitative estimate of drug-likeness (QED) is 0.901. The lowest BCUT2D eigenvalue weighted by Gasteiger charge is -2.43. The van der Waals surface area contributed by atoms with Gasteiger partial charge in [-0.25, -0.2) is 4.98 Å². The molecule has 0 saturated heterocycles. The molecule has 1 aromatic rings. The zero-order valence-corrected chi connectivity index (χ0v) is 12.6. The van der Waals surface area contributed by atoms with Crippen LogP contribution in [-0.2, 0) is 6.42 Å². The van der Waals surface area contributed by atoms with Crippen LogP contribution in [0.1, 0.15) is 52.1 Å². The third-order valence-corrected chi connectivity index (χ3v) is 5.28. The van der Waals surface area contributed by atoms with Gasteiger partial charge in [0.15, 0.2) is 0 Å². The van der Waals surface area contributed by atoms with Crippen LogP contribution >= 0.6 is 11.3 Å². The number of hydrogen-bond acceptors (Lipinski definition) is 3. The Balaban J connectivity index is 2.00. The fourth-order valence-electron chi connectivity index (χ4n) is 3.20.